The second-order valence-corrected chi connectivity index (χ2v) is 5.38. The Kier molecular flexibility index (Phi) is 4.44. The molecule has 0 amide bonds. The second-order valence-electron chi connectivity index (χ2n) is 5.01. The van der Waals surface area contributed by atoms with Crippen molar-refractivity contribution in [2.24, 2.45) is 0 Å². The first-order valence-electron chi connectivity index (χ1n) is 6.29. The maximum Gasteiger partial charge on any atom is 0.287 e. The molecular formula is C12H19ClN4O2. The molecule has 0 radical (unpaired) electrons. The summed E-state index contributed by atoms with van der Waals surface area (Å²) in [7, 11) is 1.58. The molecule has 106 valence electrons. The van der Waals surface area contributed by atoms with Crippen LogP contribution in [-0.2, 0) is 11.3 Å². The van der Waals surface area contributed by atoms with Crippen molar-refractivity contribution in [3.63, 3.8) is 0 Å². The number of hydrogen-bond donors (Lipinski definition) is 2. The molecule has 2 N–H and O–H groups in total. The Balaban J connectivity index is 2.18. The highest BCUT2D eigenvalue weighted by Gasteiger charge is 2.29. The predicted octanol–water partition coefficient (Wildman–Crippen LogP) is 0.707. The van der Waals surface area contributed by atoms with Gasteiger partial charge in [0.25, 0.3) is 5.56 Å². The van der Waals surface area contributed by atoms with Crippen molar-refractivity contribution in [2.45, 2.75) is 25.4 Å². The molecule has 2 rings (SSSR count). The van der Waals surface area contributed by atoms with Gasteiger partial charge < -0.3 is 15.4 Å². The van der Waals surface area contributed by atoms with Gasteiger partial charge in [-0.05, 0) is 19.9 Å². The van der Waals surface area contributed by atoms with Crippen molar-refractivity contribution in [1.82, 2.24) is 15.1 Å². The van der Waals surface area contributed by atoms with Crippen LogP contribution in [0, 0.1) is 0 Å². The lowest BCUT2D eigenvalue weighted by atomic mass is 10.0. The number of anilines is 1. The van der Waals surface area contributed by atoms with Crippen LogP contribution in [0.5, 0.6) is 0 Å². The molecule has 0 spiro atoms. The lowest BCUT2D eigenvalue weighted by Gasteiger charge is -2.26. The zero-order chi connectivity index (χ0) is 13.9. The molecule has 2 heterocycles. The third-order valence-corrected chi connectivity index (χ3v) is 3.66. The van der Waals surface area contributed by atoms with Gasteiger partial charge in [-0.3, -0.25) is 4.79 Å². The molecule has 19 heavy (non-hydrogen) atoms. The van der Waals surface area contributed by atoms with Crippen LogP contribution in [-0.4, -0.2) is 42.1 Å². The van der Waals surface area contributed by atoms with E-state index in [2.05, 4.69) is 22.7 Å². The van der Waals surface area contributed by atoms with E-state index in [1.807, 2.05) is 0 Å². The van der Waals surface area contributed by atoms with E-state index < -0.39 is 0 Å². The van der Waals surface area contributed by atoms with E-state index in [9.17, 15) is 4.79 Å². The molecule has 6 nitrogen and oxygen atoms in total. The zero-order valence-corrected chi connectivity index (χ0v) is 12.0. The van der Waals surface area contributed by atoms with Gasteiger partial charge in [-0.15, -0.1) is 0 Å². The van der Waals surface area contributed by atoms with Gasteiger partial charge >= 0.3 is 0 Å². The highest BCUT2D eigenvalue weighted by molar-refractivity contribution is 6.32. The SMILES string of the molecule is COCCn1ncc(NC2(C)CCNC2)c(Cl)c1=O. The van der Waals surface area contributed by atoms with Gasteiger partial charge in [-0.2, -0.15) is 5.10 Å². The smallest absolute Gasteiger partial charge is 0.287 e. The molecular weight excluding hydrogens is 268 g/mol. The van der Waals surface area contributed by atoms with Gasteiger partial charge in [-0.25, -0.2) is 4.68 Å². The van der Waals surface area contributed by atoms with Gasteiger partial charge in [0, 0.05) is 19.2 Å². The van der Waals surface area contributed by atoms with Crippen molar-refractivity contribution in [1.29, 1.82) is 0 Å². The minimum atomic E-state index is -0.293. The number of aromatic nitrogens is 2. The summed E-state index contributed by atoms with van der Waals surface area (Å²) in [4.78, 5) is 12.0. The largest absolute Gasteiger partial charge is 0.383 e. The number of nitrogens with zero attached hydrogens (tertiary/aromatic N) is 2. The predicted molar refractivity (Wildman–Crippen MR) is 74.9 cm³/mol. The van der Waals surface area contributed by atoms with Crippen LogP contribution in [0.1, 0.15) is 13.3 Å². The molecule has 7 heteroatoms. The van der Waals surface area contributed by atoms with E-state index in [1.165, 1.54) is 4.68 Å². The molecule has 0 aliphatic carbocycles. The summed E-state index contributed by atoms with van der Waals surface area (Å²) >= 11 is 6.12. The molecule has 1 aliphatic heterocycles. The third-order valence-electron chi connectivity index (χ3n) is 3.30. The maximum absolute atomic E-state index is 12.0. The number of methoxy groups -OCH3 is 1. The first-order valence-corrected chi connectivity index (χ1v) is 6.67. The number of ether oxygens (including phenoxy) is 1. The van der Waals surface area contributed by atoms with Crippen molar-refractivity contribution in [3.05, 3.63) is 21.6 Å². The summed E-state index contributed by atoms with van der Waals surface area (Å²) in [5.74, 6) is 0. The standard InChI is InChI=1S/C12H19ClN4O2/c1-12(3-4-14-8-12)16-9-7-15-17(5-6-19-2)11(18)10(9)13/h7,14,16H,3-6,8H2,1-2H3. The third kappa shape index (κ3) is 3.26. The summed E-state index contributed by atoms with van der Waals surface area (Å²) in [5, 5.41) is 10.9. The van der Waals surface area contributed by atoms with Gasteiger partial charge in [-0.1, -0.05) is 11.6 Å². The topological polar surface area (TPSA) is 68.2 Å². The van der Waals surface area contributed by atoms with E-state index >= 15 is 0 Å². The van der Waals surface area contributed by atoms with Crippen molar-refractivity contribution < 1.29 is 4.74 Å². The Morgan fingerprint density at radius 1 is 1.68 bits per heavy atom. The van der Waals surface area contributed by atoms with Crippen molar-refractivity contribution in [3.8, 4) is 0 Å². The number of rotatable bonds is 5. The van der Waals surface area contributed by atoms with Crippen LogP contribution in [0.3, 0.4) is 0 Å². The average Bonchev–Trinajstić information content (AvgIpc) is 2.81. The first-order chi connectivity index (χ1) is 9.06. The Labute approximate surface area is 117 Å². The fourth-order valence-electron chi connectivity index (χ4n) is 2.14. The average molecular weight is 287 g/mol. The molecule has 1 fully saturated rings. The molecule has 0 bridgehead atoms. The van der Waals surface area contributed by atoms with E-state index in [0.29, 0.717) is 18.8 Å². The summed E-state index contributed by atoms with van der Waals surface area (Å²) in [6.07, 6.45) is 2.58. The van der Waals surface area contributed by atoms with Crippen molar-refractivity contribution in [2.75, 3.05) is 32.1 Å². The van der Waals surface area contributed by atoms with E-state index in [-0.39, 0.29) is 16.1 Å². The van der Waals surface area contributed by atoms with E-state index in [0.717, 1.165) is 19.5 Å². The molecule has 0 saturated carbocycles. The Hall–Kier alpha value is -1.11. The normalized spacial score (nSPS) is 22.7. The summed E-state index contributed by atoms with van der Waals surface area (Å²) in [5.41, 5.74) is 0.209. The lowest BCUT2D eigenvalue weighted by Crippen LogP contribution is -2.38. The maximum atomic E-state index is 12.0. The first kappa shape index (κ1) is 14.3. The summed E-state index contributed by atoms with van der Waals surface area (Å²) in [6, 6.07) is 0. The quantitative estimate of drug-likeness (QED) is 0.834. The zero-order valence-electron chi connectivity index (χ0n) is 11.2. The van der Waals surface area contributed by atoms with Gasteiger partial charge in [0.05, 0.1) is 25.0 Å². The van der Waals surface area contributed by atoms with Crippen LogP contribution >= 0.6 is 11.6 Å². The number of nitrogens with one attached hydrogen (secondary N) is 2. The Morgan fingerprint density at radius 3 is 3.11 bits per heavy atom. The molecule has 1 atom stereocenters. The van der Waals surface area contributed by atoms with Crippen LogP contribution in [0.4, 0.5) is 5.69 Å². The monoisotopic (exact) mass is 286 g/mol. The minimum Gasteiger partial charge on any atom is -0.383 e. The van der Waals surface area contributed by atoms with E-state index in [1.54, 1.807) is 13.3 Å². The molecule has 1 unspecified atom stereocenters. The van der Waals surface area contributed by atoms with Crippen molar-refractivity contribution >= 4 is 17.3 Å². The summed E-state index contributed by atoms with van der Waals surface area (Å²) in [6.45, 7) is 4.72. The Morgan fingerprint density at radius 2 is 2.47 bits per heavy atom. The fraction of sp³-hybridized carbons (Fsp3) is 0.667. The van der Waals surface area contributed by atoms with Gasteiger partial charge in [0.2, 0.25) is 0 Å². The van der Waals surface area contributed by atoms with Crippen LogP contribution in [0.25, 0.3) is 0 Å². The second kappa shape index (κ2) is 5.90. The minimum absolute atomic E-state index is 0.0868. The molecule has 0 aromatic carbocycles. The summed E-state index contributed by atoms with van der Waals surface area (Å²) < 4.78 is 6.24. The van der Waals surface area contributed by atoms with Gasteiger partial charge in [0.1, 0.15) is 5.02 Å². The van der Waals surface area contributed by atoms with Crippen LogP contribution in [0.15, 0.2) is 11.0 Å². The lowest BCUT2D eigenvalue weighted by molar-refractivity contribution is 0.182. The molecule has 1 aromatic heterocycles. The van der Waals surface area contributed by atoms with Crippen LogP contribution < -0.4 is 16.2 Å². The molecule has 1 aliphatic rings. The molecule has 1 saturated heterocycles. The number of hydrogen-bond acceptors (Lipinski definition) is 5. The van der Waals surface area contributed by atoms with Gasteiger partial charge in [0.15, 0.2) is 0 Å². The van der Waals surface area contributed by atoms with Crippen LogP contribution in [0.2, 0.25) is 5.02 Å². The highest BCUT2D eigenvalue weighted by atomic mass is 35.5. The highest BCUT2D eigenvalue weighted by Crippen LogP contribution is 2.24. The van der Waals surface area contributed by atoms with E-state index in [4.69, 9.17) is 16.3 Å². The Bertz CT molecular complexity index is 497. The molecule has 1 aromatic rings. The fourth-order valence-corrected chi connectivity index (χ4v) is 2.33. The number of halogens is 1.